The lowest BCUT2D eigenvalue weighted by Crippen LogP contribution is -2.48. The van der Waals surface area contributed by atoms with Gasteiger partial charge in [0.15, 0.2) is 0 Å². The second kappa shape index (κ2) is 8.38. The standard InChI is InChI=1S/C21H25ClN4O/c22-17-8-6-15(7-9-17)13-18-4-1-5-19(24-18)16-3-2-12-26(14-16)21(27)20-10-11-23-25-20/h1,4-9,16,20,23,25H,2-3,10-14H2. The number of aromatic nitrogens is 1. The zero-order valence-corrected chi connectivity index (χ0v) is 16.1. The normalized spacial score (nSPS) is 22.8. The van der Waals surface area contributed by atoms with Crippen molar-refractivity contribution in [2.75, 3.05) is 19.6 Å². The van der Waals surface area contributed by atoms with E-state index < -0.39 is 0 Å². The van der Waals surface area contributed by atoms with Crippen LogP contribution in [0.25, 0.3) is 0 Å². The molecular formula is C21H25ClN4O. The summed E-state index contributed by atoms with van der Waals surface area (Å²) in [5.74, 6) is 0.518. The summed E-state index contributed by atoms with van der Waals surface area (Å²) in [4.78, 5) is 19.6. The van der Waals surface area contributed by atoms with Gasteiger partial charge in [0.2, 0.25) is 5.91 Å². The minimum atomic E-state index is -0.0899. The lowest BCUT2D eigenvalue weighted by Gasteiger charge is -2.34. The molecule has 27 heavy (non-hydrogen) atoms. The van der Waals surface area contributed by atoms with Gasteiger partial charge in [-0.25, -0.2) is 5.43 Å². The van der Waals surface area contributed by atoms with Crippen LogP contribution in [-0.4, -0.2) is 41.5 Å². The third-order valence-corrected chi connectivity index (χ3v) is 5.66. The maximum absolute atomic E-state index is 12.7. The summed E-state index contributed by atoms with van der Waals surface area (Å²) >= 11 is 5.97. The number of rotatable bonds is 4. The monoisotopic (exact) mass is 384 g/mol. The number of benzene rings is 1. The molecule has 6 heteroatoms. The van der Waals surface area contributed by atoms with Crippen LogP contribution < -0.4 is 10.9 Å². The minimum absolute atomic E-state index is 0.0899. The van der Waals surface area contributed by atoms with E-state index >= 15 is 0 Å². The molecular weight excluding hydrogens is 360 g/mol. The molecule has 2 aliphatic heterocycles. The zero-order chi connectivity index (χ0) is 18.6. The summed E-state index contributed by atoms with van der Waals surface area (Å²) in [5.41, 5.74) is 9.48. The number of carbonyl (C=O) groups is 1. The molecule has 0 aliphatic carbocycles. The Morgan fingerprint density at radius 3 is 2.81 bits per heavy atom. The van der Waals surface area contributed by atoms with Crippen LogP contribution in [0, 0.1) is 0 Å². The molecule has 2 fully saturated rings. The van der Waals surface area contributed by atoms with Crippen molar-refractivity contribution in [2.24, 2.45) is 0 Å². The van der Waals surface area contributed by atoms with Crippen molar-refractivity contribution < 1.29 is 4.79 Å². The third kappa shape index (κ3) is 4.49. The highest BCUT2D eigenvalue weighted by atomic mass is 35.5. The van der Waals surface area contributed by atoms with Gasteiger partial charge < -0.3 is 4.90 Å². The van der Waals surface area contributed by atoms with E-state index in [1.54, 1.807) is 0 Å². The van der Waals surface area contributed by atoms with Gasteiger partial charge in [-0.05, 0) is 49.1 Å². The predicted molar refractivity (Wildman–Crippen MR) is 107 cm³/mol. The second-order valence-electron chi connectivity index (χ2n) is 7.39. The van der Waals surface area contributed by atoms with Gasteiger partial charge >= 0.3 is 0 Å². The number of hydrogen-bond donors (Lipinski definition) is 2. The highest BCUT2D eigenvalue weighted by molar-refractivity contribution is 6.30. The van der Waals surface area contributed by atoms with Crippen LogP contribution in [0.1, 0.15) is 42.1 Å². The first-order valence-electron chi connectivity index (χ1n) is 9.66. The number of nitrogens with zero attached hydrogens (tertiary/aromatic N) is 2. The van der Waals surface area contributed by atoms with Crippen LogP contribution in [0.5, 0.6) is 0 Å². The molecule has 1 aromatic heterocycles. The Balaban J connectivity index is 1.44. The van der Waals surface area contributed by atoms with Crippen molar-refractivity contribution in [1.82, 2.24) is 20.7 Å². The quantitative estimate of drug-likeness (QED) is 0.851. The fourth-order valence-electron chi connectivity index (χ4n) is 3.94. The Morgan fingerprint density at radius 2 is 2.04 bits per heavy atom. The molecule has 2 aromatic rings. The summed E-state index contributed by atoms with van der Waals surface area (Å²) in [5, 5.41) is 0.749. The number of piperidine rings is 1. The van der Waals surface area contributed by atoms with E-state index in [-0.39, 0.29) is 11.9 Å². The number of hydrazine groups is 1. The van der Waals surface area contributed by atoms with Crippen LogP contribution in [-0.2, 0) is 11.2 Å². The summed E-state index contributed by atoms with van der Waals surface area (Å²) in [6.07, 6.45) is 3.75. The third-order valence-electron chi connectivity index (χ3n) is 5.41. The summed E-state index contributed by atoms with van der Waals surface area (Å²) < 4.78 is 0. The van der Waals surface area contributed by atoms with Crippen molar-refractivity contribution in [1.29, 1.82) is 0 Å². The van der Waals surface area contributed by atoms with E-state index in [9.17, 15) is 4.79 Å². The Kier molecular flexibility index (Phi) is 5.72. The van der Waals surface area contributed by atoms with Gasteiger partial charge in [0.1, 0.15) is 6.04 Å². The molecule has 142 valence electrons. The van der Waals surface area contributed by atoms with Gasteiger partial charge in [0.25, 0.3) is 0 Å². The Labute approximate surface area is 165 Å². The minimum Gasteiger partial charge on any atom is -0.341 e. The number of pyridine rings is 1. The Bertz CT molecular complexity index is 789. The molecule has 1 amide bonds. The van der Waals surface area contributed by atoms with Crippen LogP contribution in [0.3, 0.4) is 0 Å². The molecule has 0 spiro atoms. The first-order valence-corrected chi connectivity index (χ1v) is 10.0. The number of carbonyl (C=O) groups excluding carboxylic acids is 1. The van der Waals surface area contributed by atoms with E-state index in [0.29, 0.717) is 5.92 Å². The average Bonchev–Trinajstić information content (AvgIpc) is 3.24. The molecule has 2 N–H and O–H groups in total. The SMILES string of the molecule is O=C(C1CCNN1)N1CCCC(c2cccc(Cc3ccc(Cl)cc3)n2)C1. The van der Waals surface area contributed by atoms with Crippen LogP contribution in [0.4, 0.5) is 0 Å². The van der Waals surface area contributed by atoms with Crippen molar-refractivity contribution in [3.8, 4) is 0 Å². The van der Waals surface area contributed by atoms with Crippen molar-refractivity contribution >= 4 is 17.5 Å². The molecule has 1 aromatic carbocycles. The lowest BCUT2D eigenvalue weighted by atomic mass is 9.93. The van der Waals surface area contributed by atoms with Crippen molar-refractivity contribution in [2.45, 2.75) is 37.6 Å². The predicted octanol–water partition coefficient (Wildman–Crippen LogP) is 2.90. The molecule has 2 atom stereocenters. The maximum atomic E-state index is 12.7. The zero-order valence-electron chi connectivity index (χ0n) is 15.3. The van der Waals surface area contributed by atoms with E-state index in [4.69, 9.17) is 16.6 Å². The maximum Gasteiger partial charge on any atom is 0.241 e. The first-order chi connectivity index (χ1) is 13.2. The summed E-state index contributed by atoms with van der Waals surface area (Å²) in [7, 11) is 0. The number of halogens is 1. The van der Waals surface area contributed by atoms with E-state index in [1.165, 1.54) is 5.56 Å². The van der Waals surface area contributed by atoms with Gasteiger partial charge in [0.05, 0.1) is 0 Å². The van der Waals surface area contributed by atoms with Gasteiger partial charge in [0, 0.05) is 48.4 Å². The van der Waals surface area contributed by atoms with Gasteiger partial charge in [-0.2, -0.15) is 0 Å². The number of amides is 1. The van der Waals surface area contributed by atoms with Crippen LogP contribution in [0.15, 0.2) is 42.5 Å². The van der Waals surface area contributed by atoms with E-state index in [0.717, 1.165) is 61.7 Å². The number of hydrogen-bond acceptors (Lipinski definition) is 4. The number of likely N-dealkylation sites (tertiary alicyclic amines) is 1. The summed E-state index contributed by atoms with van der Waals surface area (Å²) in [6, 6.07) is 14.1. The molecule has 4 rings (SSSR count). The molecule has 2 saturated heterocycles. The topological polar surface area (TPSA) is 57.3 Å². The van der Waals surface area contributed by atoms with E-state index in [2.05, 4.69) is 29.1 Å². The second-order valence-corrected chi connectivity index (χ2v) is 7.83. The Morgan fingerprint density at radius 1 is 1.19 bits per heavy atom. The van der Waals surface area contributed by atoms with Gasteiger partial charge in [-0.3, -0.25) is 15.2 Å². The Hall–Kier alpha value is -1.95. The molecule has 0 bridgehead atoms. The molecule has 5 nitrogen and oxygen atoms in total. The molecule has 2 aliphatic rings. The molecule has 3 heterocycles. The van der Waals surface area contributed by atoms with Crippen molar-refractivity contribution in [3.63, 3.8) is 0 Å². The van der Waals surface area contributed by atoms with Gasteiger partial charge in [-0.15, -0.1) is 0 Å². The average molecular weight is 385 g/mol. The summed E-state index contributed by atoms with van der Waals surface area (Å²) in [6.45, 7) is 2.45. The molecule has 0 saturated carbocycles. The highest BCUT2D eigenvalue weighted by Crippen LogP contribution is 2.27. The fourth-order valence-corrected chi connectivity index (χ4v) is 4.07. The van der Waals surface area contributed by atoms with Gasteiger partial charge in [-0.1, -0.05) is 29.8 Å². The number of nitrogens with one attached hydrogen (secondary N) is 2. The largest absolute Gasteiger partial charge is 0.341 e. The van der Waals surface area contributed by atoms with E-state index in [1.807, 2.05) is 29.2 Å². The first kappa shape index (κ1) is 18.4. The van der Waals surface area contributed by atoms with Crippen LogP contribution in [0.2, 0.25) is 5.02 Å². The van der Waals surface area contributed by atoms with Crippen LogP contribution >= 0.6 is 11.6 Å². The lowest BCUT2D eigenvalue weighted by molar-refractivity contribution is -0.134. The molecule has 0 radical (unpaired) electrons. The van der Waals surface area contributed by atoms with Crippen molar-refractivity contribution in [3.05, 3.63) is 64.4 Å². The molecule has 2 unspecified atom stereocenters. The highest BCUT2D eigenvalue weighted by Gasteiger charge is 2.31. The fraction of sp³-hybridized carbons (Fsp3) is 0.429. The smallest absolute Gasteiger partial charge is 0.241 e.